The Kier molecular flexibility index (Phi) is 5.15. The van der Waals surface area contributed by atoms with Crippen molar-refractivity contribution in [3.8, 4) is 0 Å². The predicted octanol–water partition coefficient (Wildman–Crippen LogP) is 2.72. The van der Waals surface area contributed by atoms with Gasteiger partial charge in [0.2, 0.25) is 5.95 Å². The fraction of sp³-hybridized carbons (Fsp3) is 0.526. The van der Waals surface area contributed by atoms with Crippen molar-refractivity contribution >= 4 is 23.1 Å². The average molecular weight is 353 g/mol. The Hall–Kier alpha value is -2.41. The van der Waals surface area contributed by atoms with Crippen LogP contribution >= 0.6 is 0 Å². The first-order valence-electron chi connectivity index (χ1n) is 9.53. The van der Waals surface area contributed by atoms with Crippen LogP contribution in [0.4, 0.5) is 23.1 Å². The Labute approximate surface area is 154 Å². The van der Waals surface area contributed by atoms with Crippen molar-refractivity contribution in [2.45, 2.75) is 31.7 Å². The molecule has 2 N–H and O–H groups in total. The molecule has 0 radical (unpaired) electrons. The summed E-state index contributed by atoms with van der Waals surface area (Å²) in [5, 5.41) is 14.9. The number of rotatable bonds is 5. The molecule has 26 heavy (non-hydrogen) atoms. The molecule has 2 aliphatic rings. The third-order valence-corrected chi connectivity index (χ3v) is 5.26. The van der Waals surface area contributed by atoms with Gasteiger partial charge in [-0.15, -0.1) is 5.10 Å². The Morgan fingerprint density at radius 3 is 2.46 bits per heavy atom. The van der Waals surface area contributed by atoms with Crippen molar-refractivity contribution in [3.63, 3.8) is 0 Å². The van der Waals surface area contributed by atoms with Gasteiger partial charge in [-0.3, -0.25) is 0 Å². The first-order valence-corrected chi connectivity index (χ1v) is 9.53. The molecular weight excluding hydrogens is 326 g/mol. The fourth-order valence-electron chi connectivity index (χ4n) is 3.65. The zero-order valence-corrected chi connectivity index (χ0v) is 15.4. The molecule has 2 heterocycles. The Bertz CT molecular complexity index is 704. The lowest BCUT2D eigenvalue weighted by atomic mass is 10.2. The maximum absolute atomic E-state index is 4.54. The molecule has 0 bridgehead atoms. The second-order valence-electron chi connectivity index (χ2n) is 7.25. The van der Waals surface area contributed by atoms with Crippen molar-refractivity contribution in [2.75, 3.05) is 48.8 Å². The van der Waals surface area contributed by atoms with E-state index in [-0.39, 0.29) is 0 Å². The van der Waals surface area contributed by atoms with Gasteiger partial charge in [-0.05, 0) is 44.2 Å². The number of hydrogen-bond donors (Lipinski definition) is 2. The number of anilines is 4. The number of nitrogens with zero attached hydrogens (tertiary/aromatic N) is 5. The number of piperazine rings is 1. The molecule has 1 aromatic carbocycles. The molecule has 0 spiro atoms. The molecule has 1 aliphatic carbocycles. The highest BCUT2D eigenvalue weighted by Gasteiger charge is 2.16. The highest BCUT2D eigenvalue weighted by Crippen LogP contribution is 2.23. The maximum atomic E-state index is 4.54. The normalized spacial score (nSPS) is 18.9. The van der Waals surface area contributed by atoms with Gasteiger partial charge < -0.3 is 20.4 Å². The largest absolute Gasteiger partial charge is 0.369 e. The minimum atomic E-state index is 0.516. The quantitative estimate of drug-likeness (QED) is 0.856. The van der Waals surface area contributed by atoms with Crippen LogP contribution in [0.3, 0.4) is 0 Å². The molecule has 1 aromatic heterocycles. The van der Waals surface area contributed by atoms with Gasteiger partial charge in [0.25, 0.3) is 0 Å². The molecule has 0 unspecified atom stereocenters. The van der Waals surface area contributed by atoms with Crippen LogP contribution in [0.2, 0.25) is 0 Å². The van der Waals surface area contributed by atoms with E-state index < -0.39 is 0 Å². The number of hydrogen-bond acceptors (Lipinski definition) is 7. The lowest BCUT2D eigenvalue weighted by molar-refractivity contribution is 0.313. The lowest BCUT2D eigenvalue weighted by Gasteiger charge is -2.34. The topological polar surface area (TPSA) is 69.2 Å². The first kappa shape index (κ1) is 17.0. The Balaban J connectivity index is 1.37. The van der Waals surface area contributed by atoms with Crippen LogP contribution in [0, 0.1) is 0 Å². The maximum Gasteiger partial charge on any atom is 0.249 e. The SMILES string of the molecule is CN1CCN(c2ccc(Nc3nncc(NC4CCCC4)n3)cc2)CC1. The molecular formula is C19H27N7. The Morgan fingerprint density at radius 2 is 1.73 bits per heavy atom. The minimum Gasteiger partial charge on any atom is -0.369 e. The molecule has 1 saturated carbocycles. The minimum absolute atomic E-state index is 0.516. The molecule has 1 aliphatic heterocycles. The van der Waals surface area contributed by atoms with E-state index in [4.69, 9.17) is 0 Å². The highest BCUT2D eigenvalue weighted by atomic mass is 15.3. The average Bonchev–Trinajstić information content (AvgIpc) is 3.16. The highest BCUT2D eigenvalue weighted by molar-refractivity contribution is 5.59. The van der Waals surface area contributed by atoms with E-state index in [9.17, 15) is 0 Å². The Morgan fingerprint density at radius 1 is 1.00 bits per heavy atom. The summed E-state index contributed by atoms with van der Waals surface area (Å²) in [5.41, 5.74) is 2.24. The third kappa shape index (κ3) is 4.22. The summed E-state index contributed by atoms with van der Waals surface area (Å²) in [4.78, 5) is 9.33. The lowest BCUT2D eigenvalue weighted by Crippen LogP contribution is -2.44. The van der Waals surface area contributed by atoms with E-state index in [1.807, 2.05) is 0 Å². The monoisotopic (exact) mass is 353 g/mol. The predicted molar refractivity (Wildman–Crippen MR) is 105 cm³/mol. The van der Waals surface area contributed by atoms with Gasteiger partial charge in [0, 0.05) is 43.6 Å². The molecule has 7 nitrogen and oxygen atoms in total. The van der Waals surface area contributed by atoms with E-state index in [1.165, 1.54) is 31.4 Å². The van der Waals surface area contributed by atoms with Crippen LogP contribution in [0.1, 0.15) is 25.7 Å². The van der Waals surface area contributed by atoms with Crippen LogP contribution in [-0.2, 0) is 0 Å². The summed E-state index contributed by atoms with van der Waals surface area (Å²) in [7, 11) is 2.17. The number of nitrogens with one attached hydrogen (secondary N) is 2. The summed E-state index contributed by atoms with van der Waals surface area (Å²) in [5.74, 6) is 1.32. The molecule has 2 fully saturated rings. The van der Waals surface area contributed by atoms with Crippen LogP contribution < -0.4 is 15.5 Å². The summed E-state index contributed by atoms with van der Waals surface area (Å²) in [6.45, 7) is 4.37. The van der Waals surface area contributed by atoms with Gasteiger partial charge in [0.15, 0.2) is 5.82 Å². The zero-order valence-electron chi connectivity index (χ0n) is 15.4. The van der Waals surface area contributed by atoms with Crippen molar-refractivity contribution < 1.29 is 0 Å². The van der Waals surface area contributed by atoms with E-state index in [0.717, 1.165) is 37.7 Å². The van der Waals surface area contributed by atoms with Crippen molar-refractivity contribution in [1.82, 2.24) is 20.1 Å². The van der Waals surface area contributed by atoms with Crippen molar-refractivity contribution in [3.05, 3.63) is 30.5 Å². The first-order chi connectivity index (χ1) is 12.8. The van der Waals surface area contributed by atoms with Gasteiger partial charge in [0.1, 0.15) is 0 Å². The van der Waals surface area contributed by atoms with Crippen molar-refractivity contribution in [1.29, 1.82) is 0 Å². The van der Waals surface area contributed by atoms with E-state index in [1.54, 1.807) is 6.20 Å². The standard InChI is InChI=1S/C19H27N7/c1-25-10-12-26(13-11-25)17-8-6-16(7-9-17)22-19-23-18(14-20-24-19)21-15-4-2-3-5-15/h6-9,14-15H,2-5,10-13H2,1H3,(H2,21,22,23,24). The van der Waals surface area contributed by atoms with Crippen LogP contribution in [0.5, 0.6) is 0 Å². The van der Waals surface area contributed by atoms with Gasteiger partial charge in [-0.1, -0.05) is 12.8 Å². The summed E-state index contributed by atoms with van der Waals surface area (Å²) in [6, 6.07) is 8.98. The molecule has 4 rings (SSSR count). The van der Waals surface area contributed by atoms with Crippen LogP contribution in [0.15, 0.2) is 30.5 Å². The van der Waals surface area contributed by atoms with E-state index in [0.29, 0.717) is 12.0 Å². The van der Waals surface area contributed by atoms with Crippen LogP contribution in [0.25, 0.3) is 0 Å². The summed E-state index contributed by atoms with van der Waals surface area (Å²) < 4.78 is 0. The number of benzene rings is 1. The summed E-state index contributed by atoms with van der Waals surface area (Å²) >= 11 is 0. The second-order valence-corrected chi connectivity index (χ2v) is 7.25. The van der Waals surface area contributed by atoms with E-state index in [2.05, 4.69) is 66.9 Å². The fourth-order valence-corrected chi connectivity index (χ4v) is 3.65. The van der Waals surface area contributed by atoms with Gasteiger partial charge in [-0.2, -0.15) is 10.1 Å². The van der Waals surface area contributed by atoms with Gasteiger partial charge >= 0.3 is 0 Å². The van der Waals surface area contributed by atoms with Gasteiger partial charge in [-0.25, -0.2) is 0 Å². The molecule has 7 heteroatoms. The molecule has 0 atom stereocenters. The molecule has 0 amide bonds. The number of likely N-dealkylation sites (N-methyl/N-ethyl adjacent to an activating group) is 1. The van der Waals surface area contributed by atoms with Gasteiger partial charge in [0.05, 0.1) is 6.20 Å². The van der Waals surface area contributed by atoms with Crippen LogP contribution in [-0.4, -0.2) is 59.3 Å². The van der Waals surface area contributed by atoms with E-state index >= 15 is 0 Å². The third-order valence-electron chi connectivity index (χ3n) is 5.26. The summed E-state index contributed by atoms with van der Waals surface area (Å²) in [6.07, 6.45) is 6.70. The zero-order chi connectivity index (χ0) is 17.8. The van der Waals surface area contributed by atoms with Crippen molar-refractivity contribution in [2.24, 2.45) is 0 Å². The molecule has 1 saturated heterocycles. The second kappa shape index (κ2) is 7.86. The molecule has 138 valence electrons. The molecule has 2 aromatic rings. The smallest absolute Gasteiger partial charge is 0.249 e. The number of aromatic nitrogens is 3.